The van der Waals surface area contributed by atoms with Crippen LogP contribution in [0.15, 0.2) is 47.4 Å². The number of sulfonamides is 1. The molecule has 0 aromatic heterocycles. The fourth-order valence-corrected chi connectivity index (χ4v) is 7.00. The maximum Gasteiger partial charge on any atom is 0.421 e. The molecule has 1 aliphatic carbocycles. The van der Waals surface area contributed by atoms with Crippen LogP contribution in [0.2, 0.25) is 0 Å². The number of rotatable bonds is 6. The second-order valence-electron chi connectivity index (χ2n) is 9.88. The second kappa shape index (κ2) is 10.7. The number of amides is 1. The van der Waals surface area contributed by atoms with Gasteiger partial charge in [-0.05, 0) is 37.6 Å². The van der Waals surface area contributed by atoms with Crippen molar-refractivity contribution in [2.45, 2.75) is 44.1 Å². The lowest BCUT2D eigenvalue weighted by Crippen LogP contribution is -2.62. The maximum atomic E-state index is 13.5. The van der Waals surface area contributed by atoms with E-state index < -0.39 is 33.9 Å². The molecule has 0 saturated carbocycles. The number of alkyl halides is 3. The molecular formula is C25H31F3N4O4S2. The number of carbonyl (C=O) groups excluding carboxylic acids is 1. The normalized spacial score (nSPS) is 25.6. The van der Waals surface area contributed by atoms with Crippen LogP contribution >= 0.6 is 12.2 Å². The Hall–Kier alpha value is -2.32. The first-order valence-corrected chi connectivity index (χ1v) is 14.2. The fourth-order valence-electron chi connectivity index (χ4n) is 4.93. The summed E-state index contributed by atoms with van der Waals surface area (Å²) in [6, 6.07) is 4.66. The number of hydrogen-bond acceptors (Lipinski definition) is 7. The number of piperazine rings is 2. The van der Waals surface area contributed by atoms with Crippen molar-refractivity contribution in [3.05, 3.63) is 53.0 Å². The van der Waals surface area contributed by atoms with Gasteiger partial charge in [0.25, 0.3) is 0 Å². The second-order valence-corrected chi connectivity index (χ2v) is 12.3. The van der Waals surface area contributed by atoms with Gasteiger partial charge in [0.2, 0.25) is 15.9 Å². The van der Waals surface area contributed by atoms with E-state index in [2.05, 4.69) is 5.32 Å². The van der Waals surface area contributed by atoms with Gasteiger partial charge in [-0.25, -0.2) is 8.42 Å². The number of thiocarbonyl (C=S) groups is 1. The molecule has 2 heterocycles. The Kier molecular flexibility index (Phi) is 8.06. The third-order valence-electron chi connectivity index (χ3n) is 7.41. The molecule has 0 spiro atoms. The van der Waals surface area contributed by atoms with Crippen molar-refractivity contribution in [3.8, 4) is 0 Å². The van der Waals surface area contributed by atoms with Crippen LogP contribution in [0.5, 0.6) is 0 Å². The van der Waals surface area contributed by atoms with Gasteiger partial charge < -0.3 is 15.3 Å². The Morgan fingerprint density at radius 1 is 1.16 bits per heavy atom. The molecule has 2 saturated heterocycles. The van der Waals surface area contributed by atoms with Crippen molar-refractivity contribution in [2.24, 2.45) is 0 Å². The molecule has 1 aromatic carbocycles. The van der Waals surface area contributed by atoms with Crippen molar-refractivity contribution < 1.29 is 31.5 Å². The van der Waals surface area contributed by atoms with E-state index in [0.29, 0.717) is 43.5 Å². The average Bonchev–Trinajstić information content (AvgIpc) is 2.86. The Bertz CT molecular complexity index is 1250. The van der Waals surface area contributed by atoms with Crippen molar-refractivity contribution in [1.82, 2.24) is 14.5 Å². The van der Waals surface area contributed by atoms with E-state index in [1.165, 1.54) is 34.6 Å². The summed E-state index contributed by atoms with van der Waals surface area (Å²) < 4.78 is 68.4. The van der Waals surface area contributed by atoms with Gasteiger partial charge in [0.15, 0.2) is 5.60 Å². The molecule has 4 rings (SSSR count). The highest BCUT2D eigenvalue weighted by molar-refractivity contribution is 7.96. The van der Waals surface area contributed by atoms with Gasteiger partial charge in [0.05, 0.1) is 17.0 Å². The van der Waals surface area contributed by atoms with Crippen LogP contribution < -0.4 is 10.2 Å². The topological polar surface area (TPSA) is 93.2 Å². The smallest absolute Gasteiger partial charge is 0.376 e. The summed E-state index contributed by atoms with van der Waals surface area (Å²) >= 11 is 5.31. The highest BCUT2D eigenvalue weighted by atomic mass is 32.2. The van der Waals surface area contributed by atoms with Crippen LogP contribution in [0.1, 0.15) is 25.8 Å². The van der Waals surface area contributed by atoms with E-state index in [9.17, 15) is 31.5 Å². The number of aliphatic hydroxyl groups is 1. The molecule has 0 bridgehead atoms. The summed E-state index contributed by atoms with van der Waals surface area (Å²) in [5.74, 6) is -0.119. The van der Waals surface area contributed by atoms with Gasteiger partial charge >= 0.3 is 6.18 Å². The van der Waals surface area contributed by atoms with Crippen molar-refractivity contribution >= 4 is 38.7 Å². The van der Waals surface area contributed by atoms with Crippen LogP contribution in [-0.2, 0) is 20.4 Å². The Balaban J connectivity index is 1.63. The summed E-state index contributed by atoms with van der Waals surface area (Å²) in [5, 5.41) is 12.8. The summed E-state index contributed by atoms with van der Waals surface area (Å²) in [4.78, 5) is 16.6. The number of hydrogen-bond donors (Lipinski definition) is 2. The first-order valence-electron chi connectivity index (χ1n) is 12.3. The van der Waals surface area contributed by atoms with Crippen molar-refractivity contribution in [1.29, 1.82) is 0 Å². The first kappa shape index (κ1) is 28.7. The average molecular weight is 573 g/mol. The zero-order valence-electron chi connectivity index (χ0n) is 21.1. The number of anilines is 1. The molecule has 1 unspecified atom stereocenters. The summed E-state index contributed by atoms with van der Waals surface area (Å²) in [7, 11) is -3.86. The molecular weight excluding hydrogens is 541 g/mol. The molecule has 1 amide bonds. The molecule has 1 aromatic rings. The number of nitrogens with one attached hydrogen (secondary N) is 1. The highest BCUT2D eigenvalue weighted by Crippen LogP contribution is 2.39. The van der Waals surface area contributed by atoms with Crippen molar-refractivity contribution in [3.63, 3.8) is 0 Å². The SMILES string of the molecule is CC1C(=O)NCCN1C[C@H]1CN(S(=O)(=O)C2=CC=CCC2=S)CCN1c1ccc([C@](C)(O)C(F)(F)F)cc1. The lowest BCUT2D eigenvalue weighted by molar-refractivity contribution is -0.258. The van der Waals surface area contributed by atoms with Crippen molar-refractivity contribution in [2.75, 3.05) is 44.2 Å². The number of halogens is 3. The van der Waals surface area contributed by atoms with Gasteiger partial charge in [-0.3, -0.25) is 9.69 Å². The molecule has 2 fully saturated rings. The van der Waals surface area contributed by atoms with Crippen LogP contribution in [-0.4, -0.2) is 91.0 Å². The van der Waals surface area contributed by atoms with E-state index in [1.54, 1.807) is 19.1 Å². The Labute approximate surface area is 225 Å². The summed E-state index contributed by atoms with van der Waals surface area (Å²) in [5.41, 5.74) is -2.70. The van der Waals surface area contributed by atoms with Crippen LogP contribution in [0, 0.1) is 0 Å². The molecule has 208 valence electrons. The van der Waals surface area contributed by atoms with Gasteiger partial charge in [-0.15, -0.1) is 0 Å². The van der Waals surface area contributed by atoms with Crippen LogP contribution in [0.4, 0.5) is 18.9 Å². The molecule has 3 aliphatic rings. The number of benzene rings is 1. The van der Waals surface area contributed by atoms with E-state index in [4.69, 9.17) is 12.2 Å². The molecule has 8 nitrogen and oxygen atoms in total. The minimum Gasteiger partial charge on any atom is -0.376 e. The minimum atomic E-state index is -4.84. The summed E-state index contributed by atoms with van der Waals surface area (Å²) in [6.07, 6.45) is 0.501. The standard InChI is InChI=1S/C25H31F3N4O4S2/c1-17-23(33)29-11-12-30(17)15-20-16-31(38(35,36)22-6-4-3-5-21(22)37)13-14-32(20)19-9-7-18(8-10-19)24(2,34)25(26,27)28/h3-4,6-10,17,20,34H,5,11-16H2,1-2H3,(H,29,33)/t17?,20-,24-/m0/s1. The highest BCUT2D eigenvalue weighted by Gasteiger charge is 2.51. The lowest BCUT2D eigenvalue weighted by atomic mass is 9.95. The predicted octanol–water partition coefficient (Wildman–Crippen LogP) is 2.31. The third-order valence-corrected chi connectivity index (χ3v) is 9.87. The maximum absolute atomic E-state index is 13.5. The van der Waals surface area contributed by atoms with Crippen LogP contribution in [0.3, 0.4) is 0 Å². The number of nitrogens with zero attached hydrogens (tertiary/aromatic N) is 3. The van der Waals surface area contributed by atoms with E-state index in [-0.39, 0.29) is 36.0 Å². The third kappa shape index (κ3) is 5.53. The van der Waals surface area contributed by atoms with E-state index in [0.717, 1.165) is 0 Å². The fraction of sp³-hybridized carbons (Fsp3) is 0.520. The van der Waals surface area contributed by atoms with Gasteiger partial charge in [-0.1, -0.05) is 36.5 Å². The molecule has 13 heteroatoms. The van der Waals surface area contributed by atoms with E-state index >= 15 is 0 Å². The van der Waals surface area contributed by atoms with Gasteiger partial charge in [0, 0.05) is 56.2 Å². The minimum absolute atomic E-state index is 0.103. The quantitative estimate of drug-likeness (QED) is 0.506. The van der Waals surface area contributed by atoms with Gasteiger partial charge in [0.1, 0.15) is 0 Å². The Morgan fingerprint density at radius 3 is 2.47 bits per heavy atom. The number of carbonyl (C=O) groups is 1. The molecule has 2 N–H and O–H groups in total. The predicted molar refractivity (Wildman–Crippen MR) is 142 cm³/mol. The molecule has 0 radical (unpaired) electrons. The van der Waals surface area contributed by atoms with Gasteiger partial charge in [-0.2, -0.15) is 17.5 Å². The van der Waals surface area contributed by atoms with E-state index in [1.807, 2.05) is 9.80 Å². The summed E-state index contributed by atoms with van der Waals surface area (Å²) in [6.45, 7) is 4.44. The lowest BCUT2D eigenvalue weighted by Gasteiger charge is -2.45. The Morgan fingerprint density at radius 2 is 1.84 bits per heavy atom. The zero-order valence-corrected chi connectivity index (χ0v) is 22.7. The largest absolute Gasteiger partial charge is 0.421 e. The van der Waals surface area contributed by atoms with Crippen LogP contribution in [0.25, 0.3) is 0 Å². The molecule has 2 aliphatic heterocycles. The molecule has 3 atom stereocenters. The number of allylic oxidation sites excluding steroid dienone is 4. The zero-order chi connectivity index (χ0) is 27.9. The first-order chi connectivity index (χ1) is 17.7. The monoisotopic (exact) mass is 572 g/mol. The molecule has 38 heavy (non-hydrogen) atoms.